The van der Waals surface area contributed by atoms with Crippen LogP contribution < -0.4 is 15.4 Å². The van der Waals surface area contributed by atoms with Gasteiger partial charge in [-0.25, -0.2) is 4.98 Å². The molecule has 0 unspecified atom stereocenters. The first kappa shape index (κ1) is 26.8. The number of esters is 1. The highest BCUT2D eigenvalue weighted by Gasteiger charge is 2.13. The Morgan fingerprint density at radius 1 is 1.03 bits per heavy atom. The number of nitrogens with one attached hydrogen (secondary N) is 2. The molecule has 0 radical (unpaired) electrons. The summed E-state index contributed by atoms with van der Waals surface area (Å²) in [6.07, 6.45) is 0.0937. The minimum atomic E-state index is -0.478. The minimum absolute atomic E-state index is 0.0937. The number of nitrogens with zero attached hydrogens (tertiary/aromatic N) is 2. The predicted octanol–water partition coefficient (Wildman–Crippen LogP) is 3.65. The van der Waals surface area contributed by atoms with E-state index in [4.69, 9.17) is 9.47 Å². The molecule has 1 aliphatic rings. The molecule has 2 heterocycles. The van der Waals surface area contributed by atoms with Gasteiger partial charge in [0.2, 0.25) is 5.91 Å². The first-order chi connectivity index (χ1) is 19.1. The summed E-state index contributed by atoms with van der Waals surface area (Å²) >= 11 is 1.49. The van der Waals surface area contributed by atoms with Gasteiger partial charge in [-0.15, -0.1) is 11.3 Å². The molecule has 1 saturated heterocycles. The standard InChI is InChI=1S/C30H32N4O4S/c35-28(32-19-29(36)38-20-22-5-2-1-3-6-22)18-25-21-39-30(33-25)24-10-9-23-7-4-8-27(26(23)17-24)37-16-15-34-13-11-31-12-14-34/h1-10,17,21,31H,11-16,18-20H2,(H,32,35). The van der Waals surface area contributed by atoms with Gasteiger partial charge in [-0.05, 0) is 23.1 Å². The Bertz CT molecular complexity index is 1400. The van der Waals surface area contributed by atoms with Crippen molar-refractivity contribution in [3.63, 3.8) is 0 Å². The maximum atomic E-state index is 12.4. The number of amides is 1. The van der Waals surface area contributed by atoms with E-state index in [2.05, 4.69) is 38.7 Å². The minimum Gasteiger partial charge on any atom is -0.492 e. The molecule has 4 aromatic rings. The topological polar surface area (TPSA) is 92.8 Å². The number of thiazole rings is 1. The van der Waals surface area contributed by atoms with E-state index in [1.165, 1.54) is 11.3 Å². The van der Waals surface area contributed by atoms with Gasteiger partial charge in [0.05, 0.1) is 12.1 Å². The smallest absolute Gasteiger partial charge is 0.325 e. The van der Waals surface area contributed by atoms with Crippen LogP contribution in [0, 0.1) is 0 Å². The van der Waals surface area contributed by atoms with Crippen molar-refractivity contribution in [2.24, 2.45) is 0 Å². The zero-order valence-electron chi connectivity index (χ0n) is 21.7. The summed E-state index contributed by atoms with van der Waals surface area (Å²) in [6.45, 7) is 5.69. The Hall–Kier alpha value is -3.79. The van der Waals surface area contributed by atoms with Crippen molar-refractivity contribution in [2.75, 3.05) is 45.9 Å². The molecule has 1 amide bonds. The second-order valence-corrected chi connectivity index (χ2v) is 10.2. The molecule has 202 valence electrons. The van der Waals surface area contributed by atoms with E-state index in [0.29, 0.717) is 12.3 Å². The molecule has 0 saturated carbocycles. The average molecular weight is 545 g/mol. The summed E-state index contributed by atoms with van der Waals surface area (Å²) in [5.74, 6) is 0.107. The molecule has 0 spiro atoms. The van der Waals surface area contributed by atoms with Crippen LogP contribution in [0.15, 0.2) is 72.1 Å². The number of rotatable bonds is 11. The first-order valence-electron chi connectivity index (χ1n) is 13.1. The molecule has 2 N–H and O–H groups in total. The highest BCUT2D eigenvalue weighted by atomic mass is 32.1. The lowest BCUT2D eigenvalue weighted by Crippen LogP contribution is -2.44. The Morgan fingerprint density at radius 3 is 2.72 bits per heavy atom. The zero-order valence-corrected chi connectivity index (χ0v) is 22.5. The third-order valence-electron chi connectivity index (χ3n) is 6.53. The summed E-state index contributed by atoms with van der Waals surface area (Å²) in [7, 11) is 0. The summed E-state index contributed by atoms with van der Waals surface area (Å²) in [5, 5.41) is 10.8. The molecule has 8 nitrogen and oxygen atoms in total. The van der Waals surface area contributed by atoms with Crippen LogP contribution in [0.5, 0.6) is 5.75 Å². The zero-order chi connectivity index (χ0) is 26.9. The van der Waals surface area contributed by atoms with Crippen molar-refractivity contribution < 1.29 is 19.1 Å². The average Bonchev–Trinajstić information content (AvgIpc) is 3.44. The lowest BCUT2D eigenvalue weighted by molar-refractivity contribution is -0.145. The van der Waals surface area contributed by atoms with Crippen LogP contribution in [-0.4, -0.2) is 67.6 Å². The monoisotopic (exact) mass is 544 g/mol. The fourth-order valence-electron chi connectivity index (χ4n) is 4.43. The summed E-state index contributed by atoms with van der Waals surface area (Å²) in [6, 6.07) is 21.7. The Balaban J connectivity index is 1.15. The van der Waals surface area contributed by atoms with E-state index in [9.17, 15) is 9.59 Å². The molecule has 0 aliphatic carbocycles. The molecule has 1 aliphatic heterocycles. The van der Waals surface area contributed by atoms with Crippen molar-refractivity contribution in [1.82, 2.24) is 20.5 Å². The van der Waals surface area contributed by atoms with Crippen molar-refractivity contribution in [3.8, 4) is 16.3 Å². The van der Waals surface area contributed by atoms with Crippen LogP contribution in [0.2, 0.25) is 0 Å². The number of hydrogen-bond acceptors (Lipinski definition) is 8. The van der Waals surface area contributed by atoms with Crippen LogP contribution in [0.3, 0.4) is 0 Å². The molecular weight excluding hydrogens is 512 g/mol. The van der Waals surface area contributed by atoms with Gasteiger partial charge in [-0.3, -0.25) is 14.5 Å². The fourth-order valence-corrected chi connectivity index (χ4v) is 5.25. The molecule has 0 atom stereocenters. The van der Waals surface area contributed by atoms with E-state index in [1.807, 2.05) is 53.9 Å². The number of carbonyl (C=O) groups excluding carboxylic acids is 2. The highest BCUT2D eigenvalue weighted by molar-refractivity contribution is 7.13. The number of ether oxygens (including phenoxy) is 2. The van der Waals surface area contributed by atoms with E-state index in [-0.39, 0.29) is 25.5 Å². The Labute approximate surface area is 232 Å². The van der Waals surface area contributed by atoms with Crippen LogP contribution in [-0.2, 0) is 27.4 Å². The number of benzene rings is 3. The second kappa shape index (κ2) is 13.3. The van der Waals surface area contributed by atoms with E-state index in [1.54, 1.807) is 0 Å². The Kier molecular flexibility index (Phi) is 9.16. The molecule has 0 bridgehead atoms. The van der Waals surface area contributed by atoms with Crippen LogP contribution >= 0.6 is 11.3 Å². The molecule has 3 aromatic carbocycles. The van der Waals surface area contributed by atoms with E-state index in [0.717, 1.165) is 65.4 Å². The van der Waals surface area contributed by atoms with Gasteiger partial charge >= 0.3 is 5.97 Å². The molecule has 5 rings (SSSR count). The largest absolute Gasteiger partial charge is 0.492 e. The molecule has 39 heavy (non-hydrogen) atoms. The predicted molar refractivity (Wildman–Crippen MR) is 153 cm³/mol. The number of piperazine rings is 1. The lowest BCUT2D eigenvalue weighted by atomic mass is 10.1. The van der Waals surface area contributed by atoms with Gasteiger partial charge in [0, 0.05) is 49.1 Å². The van der Waals surface area contributed by atoms with Crippen molar-refractivity contribution in [3.05, 3.63) is 83.4 Å². The van der Waals surface area contributed by atoms with Crippen molar-refractivity contribution in [1.29, 1.82) is 0 Å². The molecule has 1 aromatic heterocycles. The summed E-state index contributed by atoms with van der Waals surface area (Å²) in [5.41, 5.74) is 2.53. The Morgan fingerprint density at radius 2 is 1.87 bits per heavy atom. The summed E-state index contributed by atoms with van der Waals surface area (Å²) < 4.78 is 11.4. The number of carbonyl (C=O) groups is 2. The van der Waals surface area contributed by atoms with Crippen molar-refractivity contribution in [2.45, 2.75) is 13.0 Å². The van der Waals surface area contributed by atoms with Gasteiger partial charge in [-0.1, -0.05) is 54.6 Å². The maximum Gasteiger partial charge on any atom is 0.325 e. The van der Waals surface area contributed by atoms with Gasteiger partial charge in [0.1, 0.15) is 30.5 Å². The van der Waals surface area contributed by atoms with Crippen LogP contribution in [0.1, 0.15) is 11.3 Å². The van der Waals surface area contributed by atoms with Gasteiger partial charge < -0.3 is 20.1 Å². The van der Waals surface area contributed by atoms with Crippen LogP contribution in [0.4, 0.5) is 0 Å². The normalized spacial score (nSPS) is 13.7. The maximum absolute atomic E-state index is 12.4. The van der Waals surface area contributed by atoms with Gasteiger partial charge in [0.25, 0.3) is 0 Å². The molecule has 9 heteroatoms. The SMILES string of the molecule is O=C(Cc1csc(-c2ccc3cccc(OCCN4CCNCC4)c3c2)n1)NCC(=O)OCc1ccccc1. The quantitative estimate of drug-likeness (QED) is 0.279. The lowest BCUT2D eigenvalue weighted by Gasteiger charge is -2.27. The van der Waals surface area contributed by atoms with E-state index < -0.39 is 5.97 Å². The fraction of sp³-hybridized carbons (Fsp3) is 0.300. The van der Waals surface area contributed by atoms with Gasteiger partial charge in [0.15, 0.2) is 0 Å². The first-order valence-corrected chi connectivity index (χ1v) is 14.0. The molecule has 1 fully saturated rings. The third kappa shape index (κ3) is 7.63. The van der Waals surface area contributed by atoms with Crippen molar-refractivity contribution >= 4 is 34.0 Å². The molecular formula is C30H32N4O4S. The van der Waals surface area contributed by atoms with Crippen LogP contribution in [0.25, 0.3) is 21.3 Å². The van der Waals surface area contributed by atoms with E-state index >= 15 is 0 Å². The number of fused-ring (bicyclic) bond motifs is 1. The van der Waals surface area contributed by atoms with Gasteiger partial charge in [-0.2, -0.15) is 0 Å². The highest BCUT2D eigenvalue weighted by Crippen LogP contribution is 2.32. The third-order valence-corrected chi connectivity index (χ3v) is 7.47. The summed E-state index contributed by atoms with van der Waals surface area (Å²) in [4.78, 5) is 31.5. The number of hydrogen-bond donors (Lipinski definition) is 2. The second-order valence-electron chi connectivity index (χ2n) is 9.38. The number of aromatic nitrogens is 1.